The summed E-state index contributed by atoms with van der Waals surface area (Å²) in [5.41, 5.74) is -0.234. The molecule has 20 heavy (non-hydrogen) atoms. The molecule has 2 saturated heterocycles. The van der Waals surface area contributed by atoms with E-state index in [0.717, 1.165) is 45.7 Å². The summed E-state index contributed by atoms with van der Waals surface area (Å²) in [5, 5.41) is 6.08. The topological polar surface area (TPSA) is 64.7 Å². The van der Waals surface area contributed by atoms with Crippen molar-refractivity contribution in [3.63, 3.8) is 0 Å². The second-order valence-corrected chi connectivity index (χ2v) is 6.01. The van der Waals surface area contributed by atoms with Gasteiger partial charge in [0.05, 0.1) is 12.0 Å². The highest BCUT2D eigenvalue weighted by atomic mass is 16.2. The van der Waals surface area contributed by atoms with Crippen LogP contribution in [0.5, 0.6) is 0 Å². The van der Waals surface area contributed by atoms with Crippen molar-refractivity contribution in [1.82, 2.24) is 20.4 Å². The lowest BCUT2D eigenvalue weighted by atomic mass is 9.88. The number of amides is 2. The maximum atomic E-state index is 12.5. The second-order valence-electron chi connectivity index (χ2n) is 6.01. The maximum absolute atomic E-state index is 12.5. The van der Waals surface area contributed by atoms with Gasteiger partial charge in [0.2, 0.25) is 11.8 Å². The Kier molecular flexibility index (Phi) is 4.99. The van der Waals surface area contributed by atoms with Gasteiger partial charge in [-0.15, -0.1) is 0 Å². The lowest BCUT2D eigenvalue weighted by Gasteiger charge is -2.38. The zero-order chi connectivity index (χ0) is 14.6. The fourth-order valence-corrected chi connectivity index (χ4v) is 2.95. The van der Waals surface area contributed by atoms with E-state index in [9.17, 15) is 9.59 Å². The number of carbonyl (C=O) groups is 2. The highest BCUT2D eigenvalue weighted by Crippen LogP contribution is 2.27. The smallest absolute Gasteiger partial charge is 0.234 e. The Morgan fingerprint density at radius 1 is 1.25 bits per heavy atom. The number of piperazine rings is 1. The van der Waals surface area contributed by atoms with Crippen molar-refractivity contribution in [2.24, 2.45) is 5.41 Å². The highest BCUT2D eigenvalue weighted by Gasteiger charge is 2.39. The van der Waals surface area contributed by atoms with Gasteiger partial charge in [-0.25, -0.2) is 0 Å². The molecule has 1 unspecified atom stereocenters. The summed E-state index contributed by atoms with van der Waals surface area (Å²) in [5.74, 6) is 0.333. The molecule has 2 aliphatic rings. The minimum Gasteiger partial charge on any atom is -0.355 e. The molecule has 2 N–H and O–H groups in total. The summed E-state index contributed by atoms with van der Waals surface area (Å²) in [6, 6.07) is 0. The van der Waals surface area contributed by atoms with Gasteiger partial charge in [-0.3, -0.25) is 14.5 Å². The maximum Gasteiger partial charge on any atom is 0.234 e. The summed E-state index contributed by atoms with van der Waals surface area (Å²) in [4.78, 5) is 28.2. The molecular weight excluding hydrogens is 256 g/mol. The van der Waals surface area contributed by atoms with Crippen LogP contribution in [0.3, 0.4) is 0 Å². The molecule has 114 valence electrons. The standard InChI is InChI=1S/C14H26N4O2/c1-3-16-12(19)10-17-6-8-18(9-7-17)13(20)14(2)4-5-15-11-14/h15H,3-11H2,1-2H3,(H,16,19). The van der Waals surface area contributed by atoms with E-state index >= 15 is 0 Å². The first-order chi connectivity index (χ1) is 9.55. The quantitative estimate of drug-likeness (QED) is 0.713. The number of likely N-dealkylation sites (N-methyl/N-ethyl adjacent to an activating group) is 1. The highest BCUT2D eigenvalue weighted by molar-refractivity contribution is 5.83. The van der Waals surface area contributed by atoms with Crippen LogP contribution in [0, 0.1) is 5.41 Å². The monoisotopic (exact) mass is 282 g/mol. The third kappa shape index (κ3) is 3.49. The van der Waals surface area contributed by atoms with E-state index in [-0.39, 0.29) is 17.2 Å². The Hall–Kier alpha value is -1.14. The number of rotatable bonds is 4. The number of hydrogen-bond acceptors (Lipinski definition) is 4. The van der Waals surface area contributed by atoms with Crippen molar-refractivity contribution in [2.45, 2.75) is 20.3 Å². The lowest BCUT2D eigenvalue weighted by Crippen LogP contribution is -2.54. The summed E-state index contributed by atoms with van der Waals surface area (Å²) < 4.78 is 0. The van der Waals surface area contributed by atoms with Crippen LogP contribution < -0.4 is 10.6 Å². The number of carbonyl (C=O) groups excluding carboxylic acids is 2. The molecule has 2 aliphatic heterocycles. The first-order valence-electron chi connectivity index (χ1n) is 7.54. The fraction of sp³-hybridized carbons (Fsp3) is 0.857. The number of hydrogen-bond donors (Lipinski definition) is 2. The first-order valence-corrected chi connectivity index (χ1v) is 7.54. The van der Waals surface area contributed by atoms with Crippen molar-refractivity contribution < 1.29 is 9.59 Å². The van der Waals surface area contributed by atoms with Gasteiger partial charge in [0.1, 0.15) is 0 Å². The van der Waals surface area contributed by atoms with Crippen LogP contribution in [0.25, 0.3) is 0 Å². The first kappa shape index (κ1) is 15.3. The Labute approximate surface area is 120 Å². The molecule has 0 aromatic heterocycles. The molecule has 6 nitrogen and oxygen atoms in total. The summed E-state index contributed by atoms with van der Waals surface area (Å²) >= 11 is 0. The second kappa shape index (κ2) is 6.54. The Bertz CT molecular complexity index is 358. The van der Waals surface area contributed by atoms with E-state index in [1.165, 1.54) is 0 Å². The van der Waals surface area contributed by atoms with Gasteiger partial charge in [-0.2, -0.15) is 0 Å². The Morgan fingerprint density at radius 3 is 2.50 bits per heavy atom. The van der Waals surface area contributed by atoms with E-state index in [0.29, 0.717) is 13.1 Å². The van der Waals surface area contributed by atoms with E-state index in [2.05, 4.69) is 22.5 Å². The van der Waals surface area contributed by atoms with Crippen molar-refractivity contribution in [2.75, 3.05) is 52.4 Å². The van der Waals surface area contributed by atoms with Crippen LogP contribution in [-0.2, 0) is 9.59 Å². The van der Waals surface area contributed by atoms with E-state index in [1.54, 1.807) is 0 Å². The summed E-state index contributed by atoms with van der Waals surface area (Å²) in [7, 11) is 0. The summed E-state index contributed by atoms with van der Waals surface area (Å²) in [6.07, 6.45) is 0.922. The molecule has 0 aliphatic carbocycles. The molecule has 2 heterocycles. The molecule has 6 heteroatoms. The fourth-order valence-electron chi connectivity index (χ4n) is 2.95. The Morgan fingerprint density at radius 2 is 1.95 bits per heavy atom. The Balaban J connectivity index is 1.79. The van der Waals surface area contributed by atoms with Gasteiger partial charge in [0.25, 0.3) is 0 Å². The van der Waals surface area contributed by atoms with Crippen LogP contribution in [0.4, 0.5) is 0 Å². The molecule has 0 radical (unpaired) electrons. The van der Waals surface area contributed by atoms with Crippen LogP contribution in [0.1, 0.15) is 20.3 Å². The van der Waals surface area contributed by atoms with Crippen molar-refractivity contribution >= 4 is 11.8 Å². The molecule has 2 rings (SSSR count). The molecule has 0 bridgehead atoms. The predicted octanol–water partition coefficient (Wildman–Crippen LogP) is -0.734. The molecular formula is C14H26N4O2. The summed E-state index contributed by atoms with van der Waals surface area (Å²) in [6.45, 7) is 9.82. The van der Waals surface area contributed by atoms with E-state index < -0.39 is 0 Å². The van der Waals surface area contributed by atoms with Crippen molar-refractivity contribution in [3.05, 3.63) is 0 Å². The largest absolute Gasteiger partial charge is 0.355 e. The van der Waals surface area contributed by atoms with E-state index in [4.69, 9.17) is 0 Å². The van der Waals surface area contributed by atoms with Crippen LogP contribution in [-0.4, -0.2) is 74.0 Å². The molecule has 0 aromatic rings. The third-order valence-electron chi connectivity index (χ3n) is 4.29. The third-order valence-corrected chi connectivity index (χ3v) is 4.29. The van der Waals surface area contributed by atoms with Crippen molar-refractivity contribution in [1.29, 1.82) is 0 Å². The van der Waals surface area contributed by atoms with Crippen LogP contribution in [0.2, 0.25) is 0 Å². The predicted molar refractivity (Wildman–Crippen MR) is 77.3 cm³/mol. The zero-order valence-corrected chi connectivity index (χ0v) is 12.6. The number of nitrogens with zero attached hydrogens (tertiary/aromatic N) is 2. The normalized spacial score (nSPS) is 27.6. The van der Waals surface area contributed by atoms with Gasteiger partial charge in [0.15, 0.2) is 0 Å². The molecule has 2 amide bonds. The lowest BCUT2D eigenvalue weighted by molar-refractivity contribution is -0.142. The molecule has 0 aromatic carbocycles. The molecule has 1 atom stereocenters. The minimum absolute atomic E-state index is 0.0687. The average Bonchev–Trinajstić information content (AvgIpc) is 2.87. The van der Waals surface area contributed by atoms with Gasteiger partial charge in [-0.05, 0) is 26.8 Å². The zero-order valence-electron chi connectivity index (χ0n) is 12.6. The van der Waals surface area contributed by atoms with Gasteiger partial charge >= 0.3 is 0 Å². The molecule has 0 saturated carbocycles. The van der Waals surface area contributed by atoms with Gasteiger partial charge in [-0.1, -0.05) is 0 Å². The SMILES string of the molecule is CCNC(=O)CN1CCN(C(=O)C2(C)CCNC2)CC1. The van der Waals surface area contributed by atoms with Crippen molar-refractivity contribution in [3.8, 4) is 0 Å². The van der Waals surface area contributed by atoms with Crippen LogP contribution >= 0.6 is 0 Å². The minimum atomic E-state index is -0.234. The molecule has 0 spiro atoms. The van der Waals surface area contributed by atoms with Crippen LogP contribution in [0.15, 0.2) is 0 Å². The van der Waals surface area contributed by atoms with Gasteiger partial charge in [0, 0.05) is 39.3 Å². The number of nitrogens with one attached hydrogen (secondary N) is 2. The van der Waals surface area contributed by atoms with E-state index in [1.807, 2.05) is 11.8 Å². The van der Waals surface area contributed by atoms with Gasteiger partial charge < -0.3 is 15.5 Å². The molecule has 2 fully saturated rings. The average molecular weight is 282 g/mol.